The van der Waals surface area contributed by atoms with Crippen LogP contribution in [-0.2, 0) is 4.79 Å². The zero-order valence-electron chi connectivity index (χ0n) is 10.1. The van der Waals surface area contributed by atoms with Gasteiger partial charge in [-0.3, -0.25) is 9.59 Å². The summed E-state index contributed by atoms with van der Waals surface area (Å²) < 4.78 is 5.27. The molecule has 0 saturated heterocycles. The van der Waals surface area contributed by atoms with Crippen LogP contribution in [0.1, 0.15) is 36.0 Å². The van der Waals surface area contributed by atoms with Crippen molar-refractivity contribution in [2.24, 2.45) is 5.92 Å². The molecular weight excluding hydrogens is 230 g/mol. The minimum absolute atomic E-state index is 0.0446. The van der Waals surface area contributed by atoms with Gasteiger partial charge in [-0.05, 0) is 31.0 Å². The number of benzene rings is 1. The lowest BCUT2D eigenvalue weighted by Crippen LogP contribution is -2.25. The number of anilines is 1. The minimum atomic E-state index is -0.173. The number of ketones is 1. The molecule has 2 aliphatic rings. The summed E-state index contributed by atoms with van der Waals surface area (Å²) in [6.45, 7) is 0.0446. The van der Waals surface area contributed by atoms with E-state index in [-0.39, 0.29) is 24.2 Å². The molecule has 0 spiro atoms. The molecule has 0 atom stereocenters. The summed E-state index contributed by atoms with van der Waals surface area (Å²) in [4.78, 5) is 23.5. The van der Waals surface area contributed by atoms with Crippen LogP contribution in [0.25, 0.3) is 0 Å². The van der Waals surface area contributed by atoms with Crippen molar-refractivity contribution in [3.05, 3.63) is 23.8 Å². The van der Waals surface area contributed by atoms with Crippen molar-refractivity contribution in [2.45, 2.75) is 25.7 Å². The summed E-state index contributed by atoms with van der Waals surface area (Å²) in [5.41, 5.74) is 1.28. The van der Waals surface area contributed by atoms with Gasteiger partial charge in [-0.15, -0.1) is 0 Å². The Balaban J connectivity index is 1.87. The Morgan fingerprint density at radius 2 is 2.06 bits per heavy atom. The van der Waals surface area contributed by atoms with Crippen LogP contribution < -0.4 is 10.1 Å². The fraction of sp³-hybridized carbons (Fsp3) is 0.429. The standard InChI is InChI=1S/C14H15NO3/c16-13-8-18-12-6-5-10(7-11(12)15-13)14(17)9-3-1-2-4-9/h5-7,9H,1-4,8H2,(H,15,16). The fourth-order valence-corrected chi connectivity index (χ4v) is 2.66. The number of Topliss-reactive ketones (excluding diaryl/α,β-unsaturated/α-hetero) is 1. The lowest BCUT2D eigenvalue weighted by Gasteiger charge is -2.18. The first-order valence-electron chi connectivity index (χ1n) is 6.35. The van der Waals surface area contributed by atoms with Crippen molar-refractivity contribution in [1.29, 1.82) is 0 Å². The number of nitrogens with one attached hydrogen (secondary N) is 1. The van der Waals surface area contributed by atoms with E-state index in [0.29, 0.717) is 17.0 Å². The highest BCUT2D eigenvalue weighted by Crippen LogP contribution is 2.32. The van der Waals surface area contributed by atoms with E-state index in [0.717, 1.165) is 25.7 Å². The molecule has 0 unspecified atom stereocenters. The van der Waals surface area contributed by atoms with Gasteiger partial charge in [0.2, 0.25) is 0 Å². The van der Waals surface area contributed by atoms with Gasteiger partial charge in [-0.1, -0.05) is 12.8 Å². The molecular formula is C14H15NO3. The topological polar surface area (TPSA) is 55.4 Å². The number of carbonyl (C=O) groups excluding carboxylic acids is 2. The van der Waals surface area contributed by atoms with Crippen LogP contribution in [-0.4, -0.2) is 18.3 Å². The molecule has 1 aromatic rings. The van der Waals surface area contributed by atoms with Crippen LogP contribution in [0.4, 0.5) is 5.69 Å². The third-order valence-corrected chi connectivity index (χ3v) is 3.62. The Morgan fingerprint density at radius 3 is 2.83 bits per heavy atom. The highest BCUT2D eigenvalue weighted by Gasteiger charge is 2.25. The second kappa shape index (κ2) is 4.44. The van der Waals surface area contributed by atoms with Crippen molar-refractivity contribution in [3.63, 3.8) is 0 Å². The van der Waals surface area contributed by atoms with E-state index in [2.05, 4.69) is 5.32 Å². The zero-order chi connectivity index (χ0) is 12.5. The van der Waals surface area contributed by atoms with Crippen LogP contribution in [0, 0.1) is 5.92 Å². The molecule has 0 bridgehead atoms. The molecule has 4 nitrogen and oxygen atoms in total. The van der Waals surface area contributed by atoms with Crippen molar-refractivity contribution in [1.82, 2.24) is 0 Å². The first-order chi connectivity index (χ1) is 8.74. The summed E-state index contributed by atoms with van der Waals surface area (Å²) in [6, 6.07) is 5.28. The molecule has 1 N–H and O–H groups in total. The summed E-state index contributed by atoms with van der Waals surface area (Å²) in [5.74, 6) is 0.809. The lowest BCUT2D eigenvalue weighted by atomic mass is 9.96. The number of hydrogen-bond acceptors (Lipinski definition) is 3. The first kappa shape index (κ1) is 11.3. The van der Waals surface area contributed by atoms with Gasteiger partial charge in [-0.25, -0.2) is 0 Å². The van der Waals surface area contributed by atoms with Crippen molar-refractivity contribution in [2.75, 3.05) is 11.9 Å². The number of carbonyl (C=O) groups is 2. The SMILES string of the molecule is O=C1COc2ccc(C(=O)C3CCCC3)cc2N1. The monoisotopic (exact) mass is 245 g/mol. The third kappa shape index (κ3) is 1.98. The van der Waals surface area contributed by atoms with Gasteiger partial charge in [0.15, 0.2) is 12.4 Å². The molecule has 1 fully saturated rings. The summed E-state index contributed by atoms with van der Waals surface area (Å²) in [6.07, 6.45) is 4.25. The number of amides is 1. The van der Waals surface area contributed by atoms with Gasteiger partial charge in [0.1, 0.15) is 5.75 Å². The van der Waals surface area contributed by atoms with E-state index in [9.17, 15) is 9.59 Å². The van der Waals surface area contributed by atoms with E-state index >= 15 is 0 Å². The molecule has 1 aliphatic heterocycles. The van der Waals surface area contributed by atoms with E-state index in [1.807, 2.05) is 0 Å². The van der Waals surface area contributed by atoms with Gasteiger partial charge in [0.25, 0.3) is 5.91 Å². The molecule has 18 heavy (non-hydrogen) atoms. The smallest absolute Gasteiger partial charge is 0.262 e. The number of fused-ring (bicyclic) bond motifs is 1. The average molecular weight is 245 g/mol. The predicted molar refractivity (Wildman–Crippen MR) is 66.9 cm³/mol. The Labute approximate surface area is 105 Å². The second-order valence-corrected chi connectivity index (χ2v) is 4.89. The molecule has 94 valence electrons. The molecule has 0 radical (unpaired) electrons. The van der Waals surface area contributed by atoms with Crippen molar-refractivity contribution in [3.8, 4) is 5.75 Å². The Bertz CT molecular complexity index is 504. The molecule has 1 heterocycles. The summed E-state index contributed by atoms with van der Waals surface area (Å²) >= 11 is 0. The summed E-state index contributed by atoms with van der Waals surface area (Å²) in [7, 11) is 0. The molecule has 1 saturated carbocycles. The van der Waals surface area contributed by atoms with Crippen LogP contribution in [0.3, 0.4) is 0 Å². The average Bonchev–Trinajstić information content (AvgIpc) is 2.90. The van der Waals surface area contributed by atoms with Crippen LogP contribution >= 0.6 is 0 Å². The first-order valence-corrected chi connectivity index (χ1v) is 6.35. The number of hydrogen-bond donors (Lipinski definition) is 1. The molecule has 0 aromatic heterocycles. The minimum Gasteiger partial charge on any atom is -0.482 e. The predicted octanol–water partition coefficient (Wildman–Crippen LogP) is 2.39. The highest BCUT2D eigenvalue weighted by atomic mass is 16.5. The van der Waals surface area contributed by atoms with Crippen LogP contribution in [0.5, 0.6) is 5.75 Å². The van der Waals surface area contributed by atoms with E-state index in [1.54, 1.807) is 18.2 Å². The number of ether oxygens (including phenoxy) is 1. The molecule has 1 aromatic carbocycles. The third-order valence-electron chi connectivity index (χ3n) is 3.62. The number of rotatable bonds is 2. The Kier molecular flexibility index (Phi) is 2.78. The largest absolute Gasteiger partial charge is 0.482 e. The maximum Gasteiger partial charge on any atom is 0.262 e. The quantitative estimate of drug-likeness (QED) is 0.814. The van der Waals surface area contributed by atoms with E-state index in [1.165, 1.54) is 0 Å². The zero-order valence-corrected chi connectivity index (χ0v) is 10.1. The molecule has 1 aliphatic carbocycles. The lowest BCUT2D eigenvalue weighted by molar-refractivity contribution is -0.118. The van der Waals surface area contributed by atoms with Gasteiger partial charge >= 0.3 is 0 Å². The molecule has 3 rings (SSSR count). The van der Waals surface area contributed by atoms with E-state index in [4.69, 9.17) is 4.74 Å². The fourth-order valence-electron chi connectivity index (χ4n) is 2.66. The second-order valence-electron chi connectivity index (χ2n) is 4.89. The maximum absolute atomic E-state index is 12.3. The van der Waals surface area contributed by atoms with Crippen LogP contribution in [0.2, 0.25) is 0 Å². The van der Waals surface area contributed by atoms with Crippen molar-refractivity contribution >= 4 is 17.4 Å². The Morgan fingerprint density at radius 1 is 1.28 bits per heavy atom. The highest BCUT2D eigenvalue weighted by molar-refractivity contribution is 6.01. The maximum atomic E-state index is 12.3. The van der Waals surface area contributed by atoms with Gasteiger partial charge < -0.3 is 10.1 Å². The molecule has 4 heteroatoms. The molecule has 1 amide bonds. The van der Waals surface area contributed by atoms with Crippen LogP contribution in [0.15, 0.2) is 18.2 Å². The summed E-state index contributed by atoms with van der Waals surface area (Å²) in [5, 5.41) is 2.73. The van der Waals surface area contributed by atoms with Crippen molar-refractivity contribution < 1.29 is 14.3 Å². The normalized spacial score (nSPS) is 19.0. The van der Waals surface area contributed by atoms with E-state index < -0.39 is 0 Å². The van der Waals surface area contributed by atoms with Gasteiger partial charge in [0, 0.05) is 11.5 Å². The van der Waals surface area contributed by atoms with Gasteiger partial charge in [0.05, 0.1) is 5.69 Å². The Hall–Kier alpha value is -1.84. The van der Waals surface area contributed by atoms with Gasteiger partial charge in [-0.2, -0.15) is 0 Å².